The van der Waals surface area contributed by atoms with Gasteiger partial charge in [0.15, 0.2) is 0 Å². The summed E-state index contributed by atoms with van der Waals surface area (Å²) in [5.74, 6) is -1.08. The third-order valence-corrected chi connectivity index (χ3v) is 0.151. The van der Waals surface area contributed by atoms with E-state index in [1.54, 1.807) is 0 Å². The van der Waals surface area contributed by atoms with E-state index in [9.17, 15) is 4.79 Å². The van der Waals surface area contributed by atoms with E-state index in [4.69, 9.17) is 10.8 Å². The van der Waals surface area contributed by atoms with Crippen LogP contribution in [-0.4, -0.2) is 17.6 Å². The first-order valence-electron chi connectivity index (χ1n) is 1.13. The van der Waals surface area contributed by atoms with E-state index in [0.29, 0.717) is 0 Å². The van der Waals surface area contributed by atoms with E-state index in [-0.39, 0.29) is 29.6 Å². The predicted molar refractivity (Wildman–Crippen MR) is 16.8 cm³/mol. The summed E-state index contributed by atoms with van der Waals surface area (Å²) >= 11 is 0. The molecule has 0 aliphatic carbocycles. The molecule has 0 aromatic rings. The Kier molecular flexibility index (Phi) is 8.74. The second-order valence-corrected chi connectivity index (χ2v) is 0.571. The van der Waals surface area contributed by atoms with Crippen molar-refractivity contribution in [2.24, 2.45) is 0 Å². The quantitative estimate of drug-likeness (QED) is 0.357. The molecule has 0 heterocycles. The van der Waals surface area contributed by atoms with Gasteiger partial charge in [0.1, 0.15) is 0 Å². The van der Waals surface area contributed by atoms with Gasteiger partial charge in [-0.25, -0.2) is 0 Å². The smallest absolute Gasteiger partial charge is 0.668 e. The second-order valence-electron chi connectivity index (χ2n) is 0.571. The van der Waals surface area contributed by atoms with Crippen molar-refractivity contribution in [3.63, 3.8) is 0 Å². The molecule has 6 heavy (non-hydrogen) atoms. The fraction of sp³-hybridized carbons (Fsp3) is 0.500. The van der Waals surface area contributed by atoms with Crippen LogP contribution in [0.4, 0.5) is 0 Å². The van der Waals surface area contributed by atoms with Crippen molar-refractivity contribution in [3.8, 4) is 0 Å². The fourth-order valence-corrected chi connectivity index (χ4v) is 0. The molecule has 30 valence electrons. The van der Waals surface area contributed by atoms with Crippen molar-refractivity contribution in [3.05, 3.63) is 5.73 Å². The number of carboxylic acids is 1. The molecule has 0 unspecified atom stereocenters. The molecule has 0 aliphatic rings. The third kappa shape index (κ3) is 8.83. The minimum atomic E-state index is -1.08. The molecule has 0 aromatic carbocycles. The first-order valence-corrected chi connectivity index (χ1v) is 1.13. The molecule has 2 N–H and O–H groups in total. The number of hydrogen-bond acceptors (Lipinski definition) is 1. The molecule has 0 saturated carbocycles. The normalized spacial score (nSPS) is 6.17. The molecular weight excluding hydrogens is 93.0 g/mol. The zero-order valence-electron chi connectivity index (χ0n) is 3.56. The standard InChI is InChI=1S/C2H4NO2.Na/c3-1-2(4)5;/h3H,1H2,(H,4,5);/q-1;+1. The maximum absolute atomic E-state index is 9.18. The Morgan fingerprint density at radius 1 is 1.83 bits per heavy atom. The summed E-state index contributed by atoms with van der Waals surface area (Å²) in [7, 11) is 0. The van der Waals surface area contributed by atoms with Crippen molar-refractivity contribution in [2.75, 3.05) is 6.54 Å². The van der Waals surface area contributed by atoms with E-state index in [2.05, 4.69) is 0 Å². The fourth-order valence-electron chi connectivity index (χ4n) is 0. The number of carboxylic acid groups (broad SMARTS) is 1. The maximum atomic E-state index is 9.18. The molecule has 0 atom stereocenters. The number of nitrogens with one attached hydrogen (secondary N) is 1. The van der Waals surface area contributed by atoms with E-state index >= 15 is 0 Å². The van der Waals surface area contributed by atoms with Gasteiger partial charge in [0.05, 0.1) is 0 Å². The average Bonchev–Trinajstić information content (AvgIpc) is 1.38. The summed E-state index contributed by atoms with van der Waals surface area (Å²) in [6.07, 6.45) is 0. The van der Waals surface area contributed by atoms with Crippen LogP contribution in [0.2, 0.25) is 0 Å². The SMILES string of the molecule is [NH-]CC(=O)O.[Na+]. The van der Waals surface area contributed by atoms with Crippen LogP contribution in [0.5, 0.6) is 0 Å². The van der Waals surface area contributed by atoms with E-state index in [1.165, 1.54) is 0 Å². The summed E-state index contributed by atoms with van der Waals surface area (Å²) in [6.45, 7) is -0.528. The van der Waals surface area contributed by atoms with Gasteiger partial charge in [-0.3, -0.25) is 4.79 Å². The second kappa shape index (κ2) is 5.43. The van der Waals surface area contributed by atoms with Gasteiger partial charge in [-0.05, 0) is 0 Å². The van der Waals surface area contributed by atoms with Crippen molar-refractivity contribution in [1.82, 2.24) is 0 Å². The van der Waals surface area contributed by atoms with Crippen LogP contribution < -0.4 is 29.6 Å². The van der Waals surface area contributed by atoms with Gasteiger partial charge in [0.25, 0.3) is 5.97 Å². The molecule has 0 bridgehead atoms. The largest absolute Gasteiger partial charge is 1.00 e. The molecule has 0 saturated heterocycles. The van der Waals surface area contributed by atoms with Gasteiger partial charge in [-0.2, -0.15) is 0 Å². The number of carbonyl (C=O) groups is 1. The summed E-state index contributed by atoms with van der Waals surface area (Å²) in [4.78, 5) is 9.18. The topological polar surface area (TPSA) is 61.1 Å². The monoisotopic (exact) mass is 97.0 g/mol. The van der Waals surface area contributed by atoms with E-state index in [0.717, 1.165) is 0 Å². The van der Waals surface area contributed by atoms with Crippen LogP contribution in [-0.2, 0) is 4.79 Å². The van der Waals surface area contributed by atoms with Gasteiger partial charge < -0.3 is 10.8 Å². The Hall–Kier alpha value is 0.430. The Labute approximate surface area is 57.8 Å². The first-order chi connectivity index (χ1) is 2.27. The van der Waals surface area contributed by atoms with Crippen molar-refractivity contribution < 1.29 is 39.5 Å². The molecule has 0 rings (SSSR count). The molecule has 4 heteroatoms. The molecule has 0 aromatic heterocycles. The van der Waals surface area contributed by atoms with Gasteiger partial charge in [-0.15, -0.1) is 0 Å². The van der Waals surface area contributed by atoms with Crippen LogP contribution in [0.3, 0.4) is 0 Å². The Morgan fingerprint density at radius 2 is 2.00 bits per heavy atom. The Balaban J connectivity index is 0. The first kappa shape index (κ1) is 9.66. The van der Waals surface area contributed by atoms with Crippen molar-refractivity contribution >= 4 is 5.97 Å². The Morgan fingerprint density at radius 3 is 2.00 bits per heavy atom. The van der Waals surface area contributed by atoms with Crippen molar-refractivity contribution in [1.29, 1.82) is 0 Å². The summed E-state index contributed by atoms with van der Waals surface area (Å²) in [6, 6.07) is 0. The van der Waals surface area contributed by atoms with Crippen LogP contribution in [0.25, 0.3) is 5.73 Å². The van der Waals surface area contributed by atoms with Crippen LogP contribution in [0, 0.1) is 0 Å². The molecule has 3 nitrogen and oxygen atoms in total. The summed E-state index contributed by atoms with van der Waals surface area (Å²) in [5.41, 5.74) is 6.06. The van der Waals surface area contributed by atoms with Crippen LogP contribution in [0.1, 0.15) is 0 Å². The van der Waals surface area contributed by atoms with E-state index < -0.39 is 12.5 Å². The van der Waals surface area contributed by atoms with Gasteiger partial charge in [0.2, 0.25) is 0 Å². The minimum absolute atomic E-state index is 0. The number of rotatable bonds is 1. The third-order valence-electron chi connectivity index (χ3n) is 0.151. The van der Waals surface area contributed by atoms with Gasteiger partial charge >= 0.3 is 29.6 Å². The zero-order chi connectivity index (χ0) is 4.28. The molecular formula is C2H4NNaO2. The number of hydrogen-bond donors (Lipinski definition) is 1. The molecule has 0 aliphatic heterocycles. The number of aliphatic carboxylic acids is 1. The maximum Gasteiger partial charge on any atom is 1.00 e. The molecule has 0 fully saturated rings. The molecule has 0 amide bonds. The summed E-state index contributed by atoms with van der Waals surface area (Å²) < 4.78 is 0. The molecule has 0 spiro atoms. The van der Waals surface area contributed by atoms with Crippen LogP contribution in [0.15, 0.2) is 0 Å². The molecule has 0 radical (unpaired) electrons. The van der Waals surface area contributed by atoms with E-state index in [1.807, 2.05) is 0 Å². The predicted octanol–water partition coefficient (Wildman–Crippen LogP) is -2.87. The summed E-state index contributed by atoms with van der Waals surface area (Å²) in [5, 5.41) is 7.53. The van der Waals surface area contributed by atoms with Gasteiger partial charge in [-0.1, -0.05) is 6.54 Å². The zero-order valence-corrected chi connectivity index (χ0v) is 5.56. The van der Waals surface area contributed by atoms with Crippen LogP contribution >= 0.6 is 0 Å². The Bertz CT molecular complexity index is 46.8. The average molecular weight is 97.0 g/mol. The van der Waals surface area contributed by atoms with Gasteiger partial charge in [0, 0.05) is 0 Å². The minimum Gasteiger partial charge on any atom is -0.668 e. The van der Waals surface area contributed by atoms with Crippen molar-refractivity contribution in [2.45, 2.75) is 0 Å².